The Morgan fingerprint density at radius 3 is 2.83 bits per heavy atom. The molecule has 0 fully saturated rings. The molecular weight excluding hydrogens is 378 g/mol. The minimum absolute atomic E-state index is 0.824. The molecule has 3 nitrogen and oxygen atoms in total. The van der Waals surface area contributed by atoms with E-state index in [2.05, 4.69) is 59.3 Å². The van der Waals surface area contributed by atoms with Crippen molar-refractivity contribution in [2.75, 3.05) is 11.9 Å². The van der Waals surface area contributed by atoms with Gasteiger partial charge in [0.15, 0.2) is 0 Å². The normalized spacial score (nSPS) is 10.4. The summed E-state index contributed by atoms with van der Waals surface area (Å²) >= 11 is 8.60. The van der Waals surface area contributed by atoms with Gasteiger partial charge in [-0.05, 0) is 41.1 Å². The van der Waals surface area contributed by atoms with Crippen LogP contribution < -0.4 is 5.32 Å². The highest BCUT2D eigenvalue weighted by atomic mass is 79.9. The monoisotopic (exact) mass is 387 g/mol. The van der Waals surface area contributed by atoms with Crippen LogP contribution in [-0.2, 0) is 0 Å². The van der Waals surface area contributed by atoms with Crippen molar-refractivity contribution in [3.8, 4) is 0 Å². The van der Waals surface area contributed by atoms with Crippen molar-refractivity contribution in [2.24, 2.45) is 0 Å². The molecule has 0 aliphatic carbocycles. The van der Waals surface area contributed by atoms with Crippen LogP contribution in [0.5, 0.6) is 0 Å². The lowest BCUT2D eigenvalue weighted by Crippen LogP contribution is -2.01. The smallest absolute Gasteiger partial charge is 0.144 e. The van der Waals surface area contributed by atoms with Crippen molar-refractivity contribution in [3.05, 3.63) is 39.5 Å². The first kappa shape index (κ1) is 13.8. The Labute approximate surface area is 127 Å². The van der Waals surface area contributed by atoms with Crippen molar-refractivity contribution < 1.29 is 0 Å². The van der Waals surface area contributed by atoms with E-state index in [1.165, 1.54) is 0 Å². The Morgan fingerprint density at radius 1 is 1.28 bits per heavy atom. The molecule has 2 rings (SSSR count). The molecule has 6 heteroatoms. The van der Waals surface area contributed by atoms with Gasteiger partial charge < -0.3 is 5.32 Å². The maximum absolute atomic E-state index is 4.30. The predicted octanol–water partition coefficient (Wildman–Crippen LogP) is 4.58. The van der Waals surface area contributed by atoms with Gasteiger partial charge in [0.25, 0.3) is 0 Å². The summed E-state index contributed by atoms with van der Waals surface area (Å²) in [4.78, 5) is 9.62. The van der Waals surface area contributed by atoms with Crippen LogP contribution in [0.1, 0.15) is 6.92 Å². The molecule has 0 spiro atoms. The van der Waals surface area contributed by atoms with Crippen molar-refractivity contribution in [2.45, 2.75) is 16.8 Å². The van der Waals surface area contributed by atoms with Crippen LogP contribution in [0, 0.1) is 0 Å². The fraction of sp³-hybridized carbons (Fsp3) is 0.167. The van der Waals surface area contributed by atoms with Gasteiger partial charge in [0.1, 0.15) is 17.2 Å². The zero-order chi connectivity index (χ0) is 13.0. The first-order valence-electron chi connectivity index (χ1n) is 5.38. The van der Waals surface area contributed by atoms with Crippen LogP contribution in [0.25, 0.3) is 0 Å². The average Bonchev–Trinajstić information content (AvgIpc) is 2.35. The molecule has 0 atom stereocenters. The zero-order valence-corrected chi connectivity index (χ0v) is 13.6. The SMILES string of the molecule is CCNc1ncnc(Sc2cccc(Br)c2)c1Br. The summed E-state index contributed by atoms with van der Waals surface area (Å²) in [6, 6.07) is 8.12. The van der Waals surface area contributed by atoms with Crippen molar-refractivity contribution in [1.82, 2.24) is 9.97 Å². The molecule has 2 aromatic rings. The first-order valence-corrected chi connectivity index (χ1v) is 7.78. The highest BCUT2D eigenvalue weighted by Crippen LogP contribution is 2.35. The summed E-state index contributed by atoms with van der Waals surface area (Å²) in [5.74, 6) is 0.824. The number of hydrogen-bond acceptors (Lipinski definition) is 4. The van der Waals surface area contributed by atoms with E-state index in [0.717, 1.165) is 31.2 Å². The molecular formula is C12H11Br2N3S. The molecule has 0 saturated carbocycles. The number of benzene rings is 1. The molecule has 1 N–H and O–H groups in total. The molecule has 0 bridgehead atoms. The lowest BCUT2D eigenvalue weighted by atomic mass is 10.4. The van der Waals surface area contributed by atoms with Gasteiger partial charge in [0.05, 0.1) is 4.47 Å². The maximum atomic E-state index is 4.30. The Morgan fingerprint density at radius 2 is 2.11 bits per heavy atom. The van der Waals surface area contributed by atoms with Gasteiger partial charge in [-0.3, -0.25) is 0 Å². The molecule has 0 amide bonds. The van der Waals surface area contributed by atoms with E-state index in [-0.39, 0.29) is 0 Å². The standard InChI is InChI=1S/C12H11Br2N3S/c1-2-15-11-10(14)12(17-7-16-11)18-9-5-3-4-8(13)6-9/h3-7H,2H2,1H3,(H,15,16,17). The summed E-state index contributed by atoms with van der Waals surface area (Å²) in [7, 11) is 0. The molecule has 0 saturated heterocycles. The fourth-order valence-corrected chi connectivity index (χ4v) is 3.34. The van der Waals surface area contributed by atoms with Crippen molar-refractivity contribution >= 4 is 49.4 Å². The summed E-state index contributed by atoms with van der Waals surface area (Å²) in [5.41, 5.74) is 0. The second-order valence-electron chi connectivity index (χ2n) is 3.43. The second kappa shape index (κ2) is 6.54. The molecule has 1 aromatic heterocycles. The Balaban J connectivity index is 2.26. The highest BCUT2D eigenvalue weighted by Gasteiger charge is 2.09. The Bertz CT molecular complexity index is 549. The molecule has 1 aromatic carbocycles. The van der Waals surface area contributed by atoms with E-state index < -0.39 is 0 Å². The van der Waals surface area contributed by atoms with Crippen LogP contribution in [0.15, 0.2) is 49.5 Å². The Kier molecular flexibility index (Phi) is 5.03. The van der Waals surface area contributed by atoms with E-state index in [1.54, 1.807) is 18.1 Å². The number of nitrogens with zero attached hydrogens (tertiary/aromatic N) is 2. The van der Waals surface area contributed by atoms with Gasteiger partial charge >= 0.3 is 0 Å². The average molecular weight is 389 g/mol. The third-order valence-electron chi connectivity index (χ3n) is 2.11. The van der Waals surface area contributed by atoms with Gasteiger partial charge in [0, 0.05) is 15.9 Å². The Hall–Kier alpha value is -0.590. The molecule has 0 unspecified atom stereocenters. The van der Waals surface area contributed by atoms with E-state index in [1.807, 2.05) is 19.1 Å². The third kappa shape index (κ3) is 3.46. The summed E-state index contributed by atoms with van der Waals surface area (Å²) in [6.45, 7) is 2.87. The van der Waals surface area contributed by atoms with E-state index in [9.17, 15) is 0 Å². The number of anilines is 1. The first-order chi connectivity index (χ1) is 8.70. The zero-order valence-electron chi connectivity index (χ0n) is 9.65. The van der Waals surface area contributed by atoms with Crippen molar-refractivity contribution in [3.63, 3.8) is 0 Å². The lowest BCUT2D eigenvalue weighted by Gasteiger charge is -2.08. The number of hydrogen-bond donors (Lipinski definition) is 1. The van der Waals surface area contributed by atoms with Crippen LogP contribution >= 0.6 is 43.6 Å². The molecule has 0 aliphatic rings. The van der Waals surface area contributed by atoms with Gasteiger partial charge in [0.2, 0.25) is 0 Å². The van der Waals surface area contributed by atoms with E-state index >= 15 is 0 Å². The largest absolute Gasteiger partial charge is 0.369 e. The minimum atomic E-state index is 0.824. The second-order valence-corrected chi connectivity index (χ2v) is 6.20. The lowest BCUT2D eigenvalue weighted by molar-refractivity contribution is 1.01. The highest BCUT2D eigenvalue weighted by molar-refractivity contribution is 9.11. The number of nitrogens with one attached hydrogen (secondary N) is 1. The molecule has 94 valence electrons. The van der Waals surface area contributed by atoms with Gasteiger partial charge in [-0.1, -0.05) is 33.8 Å². The summed E-state index contributed by atoms with van der Waals surface area (Å²) in [6.07, 6.45) is 1.57. The topological polar surface area (TPSA) is 37.8 Å². The number of aromatic nitrogens is 2. The van der Waals surface area contributed by atoms with Gasteiger partial charge in [-0.15, -0.1) is 0 Å². The van der Waals surface area contributed by atoms with Gasteiger partial charge in [-0.25, -0.2) is 9.97 Å². The fourth-order valence-electron chi connectivity index (χ4n) is 1.36. The molecule has 18 heavy (non-hydrogen) atoms. The minimum Gasteiger partial charge on any atom is -0.369 e. The summed E-state index contributed by atoms with van der Waals surface area (Å²) < 4.78 is 1.96. The maximum Gasteiger partial charge on any atom is 0.144 e. The predicted molar refractivity (Wildman–Crippen MR) is 82.2 cm³/mol. The molecule has 0 radical (unpaired) electrons. The van der Waals surface area contributed by atoms with Crippen molar-refractivity contribution in [1.29, 1.82) is 0 Å². The van der Waals surface area contributed by atoms with Crippen LogP contribution in [0.2, 0.25) is 0 Å². The molecule has 0 aliphatic heterocycles. The quantitative estimate of drug-likeness (QED) is 0.777. The number of rotatable bonds is 4. The third-order valence-corrected chi connectivity index (χ3v) is 4.61. The van der Waals surface area contributed by atoms with Crippen LogP contribution in [0.4, 0.5) is 5.82 Å². The molecule has 1 heterocycles. The van der Waals surface area contributed by atoms with Crippen LogP contribution in [0.3, 0.4) is 0 Å². The number of halogens is 2. The van der Waals surface area contributed by atoms with E-state index in [0.29, 0.717) is 0 Å². The van der Waals surface area contributed by atoms with E-state index in [4.69, 9.17) is 0 Å². The van der Waals surface area contributed by atoms with Crippen LogP contribution in [-0.4, -0.2) is 16.5 Å². The summed E-state index contributed by atoms with van der Waals surface area (Å²) in [5, 5.41) is 4.09. The van der Waals surface area contributed by atoms with Gasteiger partial charge in [-0.2, -0.15) is 0 Å².